The lowest BCUT2D eigenvalue weighted by atomic mass is 9.95. The highest BCUT2D eigenvalue weighted by molar-refractivity contribution is 9.10. The number of carbonyl (C=O) groups is 2. The van der Waals surface area contributed by atoms with Gasteiger partial charge in [-0.1, -0.05) is 64.0 Å². The van der Waals surface area contributed by atoms with E-state index >= 15 is 0 Å². The second-order valence-corrected chi connectivity index (χ2v) is 7.81. The van der Waals surface area contributed by atoms with E-state index in [1.54, 1.807) is 4.90 Å². The zero-order valence-corrected chi connectivity index (χ0v) is 16.9. The average molecular weight is 435 g/mol. The molecule has 0 saturated heterocycles. The molecule has 1 aliphatic heterocycles. The fraction of sp³-hybridized carbons (Fsp3) is 0.130. The molecule has 0 aliphatic carbocycles. The van der Waals surface area contributed by atoms with Crippen molar-refractivity contribution >= 4 is 33.4 Å². The predicted octanol–water partition coefficient (Wildman–Crippen LogP) is 4.94. The van der Waals surface area contributed by atoms with Crippen molar-refractivity contribution in [2.45, 2.75) is 13.0 Å². The molecule has 1 atom stereocenters. The largest absolute Gasteiger partial charge is 0.324 e. The van der Waals surface area contributed by atoms with Crippen LogP contribution in [0.3, 0.4) is 0 Å². The summed E-state index contributed by atoms with van der Waals surface area (Å²) in [5, 5.41) is 2.94. The highest BCUT2D eigenvalue weighted by atomic mass is 79.9. The van der Waals surface area contributed by atoms with Gasteiger partial charge in [-0.15, -0.1) is 0 Å². The van der Waals surface area contributed by atoms with E-state index in [0.717, 1.165) is 26.9 Å². The third kappa shape index (κ3) is 3.58. The molecule has 1 N–H and O–H groups in total. The van der Waals surface area contributed by atoms with Crippen LogP contribution < -0.4 is 5.32 Å². The number of anilines is 1. The highest BCUT2D eigenvalue weighted by Gasteiger charge is 2.34. The Bertz CT molecular complexity index is 1030. The number of aryl methyl sites for hydroxylation is 1. The molecule has 0 bridgehead atoms. The van der Waals surface area contributed by atoms with Crippen LogP contribution in [-0.4, -0.2) is 23.3 Å². The van der Waals surface area contributed by atoms with E-state index in [-0.39, 0.29) is 24.4 Å². The Morgan fingerprint density at radius 2 is 1.75 bits per heavy atom. The van der Waals surface area contributed by atoms with E-state index in [9.17, 15) is 9.59 Å². The molecule has 4 rings (SSSR count). The molecule has 0 fully saturated rings. The molecule has 0 unspecified atom stereocenters. The number of nitrogens with zero attached hydrogens (tertiary/aromatic N) is 1. The van der Waals surface area contributed by atoms with Gasteiger partial charge in [-0.05, 0) is 42.8 Å². The molecule has 0 radical (unpaired) electrons. The quantitative estimate of drug-likeness (QED) is 0.620. The fourth-order valence-corrected chi connectivity index (χ4v) is 3.90. The summed E-state index contributed by atoms with van der Waals surface area (Å²) in [6.45, 7) is 1.97. The maximum absolute atomic E-state index is 13.4. The standard InChI is InChI=1S/C23H19BrN2O2/c1-15-7-9-17(10-8-15)23(28)26-14-21(27)25-20-12-11-18(24)13-19(20)22(26)16-5-3-2-4-6-16/h2-13,22H,14H2,1H3,(H,25,27)/t22-/m1/s1. The molecule has 140 valence electrons. The first kappa shape index (κ1) is 18.4. The van der Waals surface area contributed by atoms with Gasteiger partial charge >= 0.3 is 0 Å². The van der Waals surface area contributed by atoms with Crippen LogP contribution in [-0.2, 0) is 4.79 Å². The van der Waals surface area contributed by atoms with Gasteiger partial charge in [-0.25, -0.2) is 0 Å². The molecular weight excluding hydrogens is 416 g/mol. The van der Waals surface area contributed by atoms with Gasteiger partial charge in [0.05, 0.1) is 6.04 Å². The first-order valence-electron chi connectivity index (χ1n) is 9.05. The van der Waals surface area contributed by atoms with Gasteiger partial charge in [0.1, 0.15) is 6.54 Å². The number of hydrogen-bond acceptors (Lipinski definition) is 2. The van der Waals surface area contributed by atoms with E-state index < -0.39 is 0 Å². The number of benzene rings is 3. The van der Waals surface area contributed by atoms with Gasteiger partial charge in [0.2, 0.25) is 5.91 Å². The van der Waals surface area contributed by atoms with Crippen LogP contribution in [0.15, 0.2) is 77.3 Å². The van der Waals surface area contributed by atoms with E-state index in [4.69, 9.17) is 0 Å². The van der Waals surface area contributed by atoms with Crippen molar-refractivity contribution in [1.82, 2.24) is 4.90 Å². The monoisotopic (exact) mass is 434 g/mol. The van der Waals surface area contributed by atoms with Crippen LogP contribution in [0.25, 0.3) is 0 Å². The van der Waals surface area contributed by atoms with Gasteiger partial charge in [-0.3, -0.25) is 9.59 Å². The first-order valence-corrected chi connectivity index (χ1v) is 9.84. The Morgan fingerprint density at radius 3 is 2.46 bits per heavy atom. The van der Waals surface area contributed by atoms with Gasteiger partial charge in [0, 0.05) is 21.3 Å². The van der Waals surface area contributed by atoms with Crippen molar-refractivity contribution in [1.29, 1.82) is 0 Å². The number of carbonyl (C=O) groups excluding carboxylic acids is 2. The van der Waals surface area contributed by atoms with E-state index in [0.29, 0.717) is 5.56 Å². The molecule has 5 heteroatoms. The maximum atomic E-state index is 13.4. The lowest BCUT2D eigenvalue weighted by Crippen LogP contribution is -2.39. The fourth-order valence-electron chi connectivity index (χ4n) is 3.52. The van der Waals surface area contributed by atoms with Crippen LogP contribution in [0.2, 0.25) is 0 Å². The smallest absolute Gasteiger partial charge is 0.255 e. The summed E-state index contributed by atoms with van der Waals surface area (Å²) >= 11 is 3.52. The Morgan fingerprint density at radius 1 is 1.04 bits per heavy atom. The number of rotatable bonds is 2. The molecule has 0 spiro atoms. The van der Waals surface area contributed by atoms with Crippen LogP contribution in [0.4, 0.5) is 5.69 Å². The Balaban J connectivity index is 1.88. The van der Waals surface area contributed by atoms with Gasteiger partial charge in [0.25, 0.3) is 5.91 Å². The molecule has 3 aromatic carbocycles. The molecule has 0 aromatic heterocycles. The lowest BCUT2D eigenvalue weighted by molar-refractivity contribution is -0.117. The van der Waals surface area contributed by atoms with Crippen molar-refractivity contribution in [3.63, 3.8) is 0 Å². The van der Waals surface area contributed by atoms with Crippen molar-refractivity contribution < 1.29 is 9.59 Å². The van der Waals surface area contributed by atoms with Crippen LogP contribution in [0.1, 0.15) is 33.1 Å². The number of fused-ring (bicyclic) bond motifs is 1. The van der Waals surface area contributed by atoms with Crippen molar-refractivity contribution in [3.8, 4) is 0 Å². The van der Waals surface area contributed by atoms with Gasteiger partial charge < -0.3 is 10.2 Å². The minimum Gasteiger partial charge on any atom is -0.324 e. The second-order valence-electron chi connectivity index (χ2n) is 6.89. The molecule has 1 heterocycles. The molecule has 4 nitrogen and oxygen atoms in total. The topological polar surface area (TPSA) is 49.4 Å². The van der Waals surface area contributed by atoms with E-state index in [2.05, 4.69) is 21.2 Å². The molecule has 1 aliphatic rings. The summed E-state index contributed by atoms with van der Waals surface area (Å²) in [7, 11) is 0. The number of hydrogen-bond donors (Lipinski definition) is 1. The molecule has 28 heavy (non-hydrogen) atoms. The van der Waals surface area contributed by atoms with Crippen LogP contribution >= 0.6 is 15.9 Å². The van der Waals surface area contributed by atoms with Crippen molar-refractivity contribution in [2.75, 3.05) is 11.9 Å². The van der Waals surface area contributed by atoms with E-state index in [1.165, 1.54) is 0 Å². The predicted molar refractivity (Wildman–Crippen MR) is 113 cm³/mol. The molecule has 0 saturated carbocycles. The van der Waals surface area contributed by atoms with Crippen molar-refractivity contribution in [2.24, 2.45) is 0 Å². The third-order valence-corrected chi connectivity index (χ3v) is 5.38. The zero-order chi connectivity index (χ0) is 19.7. The highest BCUT2D eigenvalue weighted by Crippen LogP contribution is 2.37. The average Bonchev–Trinajstić information content (AvgIpc) is 2.84. The Labute approximate surface area is 172 Å². The van der Waals surface area contributed by atoms with Gasteiger partial charge in [0.15, 0.2) is 0 Å². The summed E-state index contributed by atoms with van der Waals surface area (Å²) < 4.78 is 0.895. The lowest BCUT2D eigenvalue weighted by Gasteiger charge is -2.30. The minimum atomic E-state index is -0.374. The summed E-state index contributed by atoms with van der Waals surface area (Å²) in [6, 6.07) is 22.6. The summed E-state index contributed by atoms with van der Waals surface area (Å²) in [5.41, 5.74) is 4.21. The summed E-state index contributed by atoms with van der Waals surface area (Å²) in [4.78, 5) is 27.7. The maximum Gasteiger partial charge on any atom is 0.255 e. The zero-order valence-electron chi connectivity index (χ0n) is 15.4. The molecule has 2 amide bonds. The number of amides is 2. The normalized spacial score (nSPS) is 16.1. The molecule has 3 aromatic rings. The van der Waals surface area contributed by atoms with Crippen molar-refractivity contribution in [3.05, 3.63) is 99.5 Å². The Hall–Kier alpha value is -2.92. The summed E-state index contributed by atoms with van der Waals surface area (Å²) in [5.74, 6) is -0.376. The second kappa shape index (κ2) is 7.60. The first-order chi connectivity index (χ1) is 13.5. The number of halogens is 1. The Kier molecular flexibility index (Phi) is 5.01. The van der Waals surface area contributed by atoms with Crippen LogP contribution in [0.5, 0.6) is 0 Å². The van der Waals surface area contributed by atoms with Crippen LogP contribution in [0, 0.1) is 6.92 Å². The third-order valence-electron chi connectivity index (χ3n) is 4.88. The number of nitrogens with one attached hydrogen (secondary N) is 1. The minimum absolute atomic E-state index is 0.0153. The SMILES string of the molecule is Cc1ccc(C(=O)N2CC(=O)Nc3ccc(Br)cc3[C@H]2c2ccccc2)cc1. The summed E-state index contributed by atoms with van der Waals surface area (Å²) in [6.07, 6.45) is 0. The molecular formula is C23H19BrN2O2. The van der Waals surface area contributed by atoms with Gasteiger partial charge in [-0.2, -0.15) is 0 Å². The van der Waals surface area contributed by atoms with E-state index in [1.807, 2.05) is 79.7 Å².